The Morgan fingerprint density at radius 2 is 1.62 bits per heavy atom. The number of aryl methyl sites for hydroxylation is 1. The van der Waals surface area contributed by atoms with Gasteiger partial charge in [-0.2, -0.15) is 0 Å². The zero-order chi connectivity index (χ0) is 12.0. The van der Waals surface area contributed by atoms with Crippen LogP contribution in [0.2, 0.25) is 0 Å². The fourth-order valence-corrected chi connectivity index (χ4v) is 2.06. The van der Waals surface area contributed by atoms with Gasteiger partial charge in [0.15, 0.2) is 5.78 Å². The molecule has 1 N–H and O–H groups in total. The number of rotatable bonds is 0. The molecule has 0 amide bonds. The van der Waals surface area contributed by atoms with Gasteiger partial charge in [-0.3, -0.25) is 9.59 Å². The molecule has 1 aliphatic carbocycles. The van der Waals surface area contributed by atoms with E-state index in [4.69, 9.17) is 0 Å². The quantitative estimate of drug-likeness (QED) is 0.795. The van der Waals surface area contributed by atoms with Crippen LogP contribution in [0.5, 0.6) is 5.75 Å². The van der Waals surface area contributed by atoms with E-state index < -0.39 is 0 Å². The van der Waals surface area contributed by atoms with Crippen LogP contribution in [-0.4, -0.2) is 16.7 Å². The number of hydrogen-bond acceptors (Lipinski definition) is 3. The molecule has 16 heavy (non-hydrogen) atoms. The van der Waals surface area contributed by atoms with Crippen LogP contribution in [0, 0.1) is 6.92 Å². The van der Waals surface area contributed by atoms with Crippen LogP contribution in [0.4, 0.5) is 0 Å². The average Bonchev–Trinajstić information content (AvgIpc) is 2.26. The van der Waals surface area contributed by atoms with Crippen molar-refractivity contribution < 1.29 is 14.7 Å². The number of halogens is 1. The number of phenolic OH excluding ortho intramolecular Hbond substituents is 1. The average molecular weight is 281 g/mol. The molecule has 0 aromatic heterocycles. The van der Waals surface area contributed by atoms with Gasteiger partial charge in [0.25, 0.3) is 0 Å². The Hall–Kier alpha value is -1.42. The fraction of sp³-hybridized carbons (Fsp3) is 0.167. The second kappa shape index (κ2) is 3.56. The molecule has 3 nitrogen and oxygen atoms in total. The van der Waals surface area contributed by atoms with Crippen molar-refractivity contribution in [2.75, 3.05) is 0 Å². The van der Waals surface area contributed by atoms with Crippen molar-refractivity contribution in [2.45, 2.75) is 13.8 Å². The van der Waals surface area contributed by atoms with E-state index in [9.17, 15) is 14.7 Å². The molecule has 82 valence electrons. The summed E-state index contributed by atoms with van der Waals surface area (Å²) in [6, 6.07) is 2.90. The Morgan fingerprint density at radius 3 is 2.25 bits per heavy atom. The smallest absolute Gasteiger partial charge is 0.201 e. The van der Waals surface area contributed by atoms with E-state index in [0.29, 0.717) is 21.2 Å². The molecule has 1 aromatic carbocycles. The molecule has 0 heterocycles. The van der Waals surface area contributed by atoms with Crippen LogP contribution < -0.4 is 0 Å². The number of carbonyl (C=O) groups is 2. The highest BCUT2D eigenvalue weighted by atomic mass is 79.9. The van der Waals surface area contributed by atoms with Gasteiger partial charge in [-0.15, -0.1) is 0 Å². The molecule has 0 radical (unpaired) electrons. The van der Waals surface area contributed by atoms with Crippen molar-refractivity contribution in [2.24, 2.45) is 0 Å². The lowest BCUT2D eigenvalue weighted by Crippen LogP contribution is -2.18. The number of hydrogen-bond donors (Lipinski definition) is 1. The molecular weight excluding hydrogens is 272 g/mol. The third kappa shape index (κ3) is 1.41. The molecule has 0 spiro atoms. The molecule has 0 saturated heterocycles. The normalized spacial score (nSPS) is 15.4. The Kier molecular flexibility index (Phi) is 2.46. The van der Waals surface area contributed by atoms with Gasteiger partial charge in [-0.25, -0.2) is 0 Å². The molecular formula is C12H9BrO3. The molecule has 0 unspecified atom stereocenters. The maximum Gasteiger partial charge on any atom is 0.201 e. The largest absolute Gasteiger partial charge is 0.508 e. The van der Waals surface area contributed by atoms with Gasteiger partial charge in [-0.1, -0.05) is 0 Å². The molecule has 2 rings (SSSR count). The number of carbonyl (C=O) groups excluding carboxylic acids is 2. The number of allylic oxidation sites excluding steroid dienone is 2. The summed E-state index contributed by atoms with van der Waals surface area (Å²) in [6.07, 6.45) is 0. The minimum atomic E-state index is -0.225. The number of aromatic hydroxyl groups is 1. The van der Waals surface area contributed by atoms with Crippen LogP contribution in [0.3, 0.4) is 0 Å². The van der Waals surface area contributed by atoms with Crippen molar-refractivity contribution in [3.8, 4) is 5.75 Å². The zero-order valence-corrected chi connectivity index (χ0v) is 10.4. The third-order valence-corrected chi connectivity index (χ3v) is 3.65. The summed E-state index contributed by atoms with van der Waals surface area (Å²) in [5, 5.41) is 9.54. The van der Waals surface area contributed by atoms with Gasteiger partial charge in [-0.05, 0) is 47.5 Å². The maximum absolute atomic E-state index is 11.9. The van der Waals surface area contributed by atoms with Crippen LogP contribution in [0.25, 0.3) is 0 Å². The van der Waals surface area contributed by atoms with Crippen molar-refractivity contribution in [1.82, 2.24) is 0 Å². The van der Waals surface area contributed by atoms with E-state index in [2.05, 4.69) is 15.9 Å². The highest BCUT2D eigenvalue weighted by Gasteiger charge is 2.29. The Labute approximate surface area is 101 Å². The van der Waals surface area contributed by atoms with E-state index in [-0.39, 0.29) is 22.9 Å². The molecule has 1 aromatic rings. The van der Waals surface area contributed by atoms with Crippen molar-refractivity contribution in [3.05, 3.63) is 38.9 Å². The Balaban J connectivity index is 2.76. The minimum absolute atomic E-state index is 0.0331. The highest BCUT2D eigenvalue weighted by molar-refractivity contribution is 9.12. The lowest BCUT2D eigenvalue weighted by Gasteiger charge is -2.16. The van der Waals surface area contributed by atoms with Crippen LogP contribution in [0.1, 0.15) is 33.2 Å². The SMILES string of the molecule is CC1=C(Br)C(=O)c2cc(C)c(O)cc2C1=O. The number of phenols is 1. The van der Waals surface area contributed by atoms with Gasteiger partial charge >= 0.3 is 0 Å². The first-order valence-electron chi connectivity index (χ1n) is 4.73. The topological polar surface area (TPSA) is 54.4 Å². The lowest BCUT2D eigenvalue weighted by molar-refractivity contribution is 0.0982. The van der Waals surface area contributed by atoms with Crippen LogP contribution >= 0.6 is 15.9 Å². The van der Waals surface area contributed by atoms with E-state index in [0.717, 1.165) is 0 Å². The standard InChI is InChI=1S/C12H9BrO3/c1-5-3-7-8(4-9(5)14)11(15)6(2)10(13)12(7)16/h3-4,14H,1-2H3. The highest BCUT2D eigenvalue weighted by Crippen LogP contribution is 2.32. The summed E-state index contributed by atoms with van der Waals surface area (Å²) in [4.78, 5) is 23.8. The van der Waals surface area contributed by atoms with Gasteiger partial charge < -0.3 is 5.11 Å². The van der Waals surface area contributed by atoms with Crippen LogP contribution in [0.15, 0.2) is 22.2 Å². The first-order valence-corrected chi connectivity index (χ1v) is 5.52. The molecule has 0 fully saturated rings. The predicted molar refractivity (Wildman–Crippen MR) is 63.1 cm³/mol. The lowest BCUT2D eigenvalue weighted by atomic mass is 9.89. The molecule has 1 aliphatic rings. The summed E-state index contributed by atoms with van der Waals surface area (Å²) in [7, 11) is 0. The van der Waals surface area contributed by atoms with Gasteiger partial charge in [0, 0.05) is 16.7 Å². The van der Waals surface area contributed by atoms with E-state index >= 15 is 0 Å². The Morgan fingerprint density at radius 1 is 1.06 bits per heavy atom. The fourth-order valence-electron chi connectivity index (χ4n) is 1.66. The predicted octanol–water partition coefficient (Wildman–Crippen LogP) is 2.75. The van der Waals surface area contributed by atoms with Crippen molar-refractivity contribution >= 4 is 27.5 Å². The summed E-state index contributed by atoms with van der Waals surface area (Å²) >= 11 is 3.12. The second-order valence-electron chi connectivity index (χ2n) is 3.78. The van der Waals surface area contributed by atoms with E-state index in [1.807, 2.05) is 0 Å². The number of Topliss-reactive ketones (excluding diaryl/α,β-unsaturated/α-hetero) is 2. The van der Waals surface area contributed by atoms with E-state index in [1.54, 1.807) is 19.9 Å². The van der Waals surface area contributed by atoms with E-state index in [1.165, 1.54) is 6.07 Å². The summed E-state index contributed by atoms with van der Waals surface area (Å²) in [6.45, 7) is 3.27. The molecule has 0 aliphatic heterocycles. The zero-order valence-electron chi connectivity index (χ0n) is 8.80. The molecule has 0 saturated carbocycles. The van der Waals surface area contributed by atoms with Crippen LogP contribution in [-0.2, 0) is 0 Å². The Bertz CT molecular complexity index is 507. The monoisotopic (exact) mass is 280 g/mol. The maximum atomic E-state index is 11.9. The summed E-state index contributed by atoms with van der Waals surface area (Å²) in [5.41, 5.74) is 1.58. The molecule has 0 bridgehead atoms. The molecule has 4 heteroatoms. The van der Waals surface area contributed by atoms with Gasteiger partial charge in [0.2, 0.25) is 5.78 Å². The first kappa shape index (κ1) is 11.1. The first-order chi connectivity index (χ1) is 7.43. The van der Waals surface area contributed by atoms with Gasteiger partial charge in [0.05, 0.1) is 4.48 Å². The number of fused-ring (bicyclic) bond motifs is 1. The number of ketones is 2. The third-order valence-electron chi connectivity index (χ3n) is 2.69. The number of benzene rings is 1. The van der Waals surface area contributed by atoms with Crippen molar-refractivity contribution in [3.63, 3.8) is 0 Å². The minimum Gasteiger partial charge on any atom is -0.508 e. The molecule has 0 atom stereocenters. The van der Waals surface area contributed by atoms with Crippen molar-refractivity contribution in [1.29, 1.82) is 0 Å². The summed E-state index contributed by atoms with van der Waals surface area (Å²) in [5.74, 6) is -0.405. The second-order valence-corrected chi connectivity index (χ2v) is 4.57. The summed E-state index contributed by atoms with van der Waals surface area (Å²) < 4.78 is 0.301. The van der Waals surface area contributed by atoms with Gasteiger partial charge in [0.1, 0.15) is 5.75 Å².